The van der Waals surface area contributed by atoms with Crippen LogP contribution in [0.25, 0.3) is 0 Å². The molecule has 0 saturated carbocycles. The van der Waals surface area contributed by atoms with Crippen molar-refractivity contribution < 1.29 is 4.79 Å². The van der Waals surface area contributed by atoms with Crippen LogP contribution in [0.2, 0.25) is 0 Å². The van der Waals surface area contributed by atoms with Gasteiger partial charge in [0, 0.05) is 18.8 Å². The Morgan fingerprint density at radius 3 is 2.24 bits per heavy atom. The molecule has 1 atom stereocenters. The minimum absolute atomic E-state index is 0.0707. The van der Waals surface area contributed by atoms with Crippen molar-refractivity contribution in [3.8, 4) is 0 Å². The van der Waals surface area contributed by atoms with Crippen molar-refractivity contribution in [3.63, 3.8) is 0 Å². The molecular weight excluding hydrogens is 212 g/mol. The maximum atomic E-state index is 12.0. The molecule has 1 unspecified atom stereocenters. The molecule has 1 aromatic carbocycles. The molecule has 0 spiro atoms. The number of para-hydroxylation sites is 1. The average Bonchev–Trinajstić information content (AvgIpc) is 2.27. The molecule has 0 aliphatic heterocycles. The highest BCUT2D eigenvalue weighted by atomic mass is 16.2. The Morgan fingerprint density at radius 2 is 1.76 bits per heavy atom. The van der Waals surface area contributed by atoms with Gasteiger partial charge in [-0.3, -0.25) is 0 Å². The molecule has 17 heavy (non-hydrogen) atoms. The molecule has 0 aliphatic rings. The summed E-state index contributed by atoms with van der Waals surface area (Å²) in [5.41, 5.74) is 0.897. The van der Waals surface area contributed by atoms with Crippen LogP contribution in [0, 0.1) is 5.41 Å². The molecule has 0 aliphatic carbocycles. The van der Waals surface area contributed by atoms with Gasteiger partial charge in [-0.05, 0) is 24.5 Å². The van der Waals surface area contributed by atoms with Crippen molar-refractivity contribution in [1.82, 2.24) is 4.90 Å². The van der Waals surface area contributed by atoms with Gasteiger partial charge in [-0.1, -0.05) is 39.0 Å². The molecule has 0 radical (unpaired) electrons. The van der Waals surface area contributed by atoms with E-state index in [4.69, 9.17) is 0 Å². The van der Waals surface area contributed by atoms with E-state index >= 15 is 0 Å². The van der Waals surface area contributed by atoms with E-state index in [1.807, 2.05) is 37.4 Å². The van der Waals surface area contributed by atoms with Gasteiger partial charge in [0.1, 0.15) is 0 Å². The third-order valence-electron chi connectivity index (χ3n) is 3.18. The Kier molecular flexibility index (Phi) is 4.16. The van der Waals surface area contributed by atoms with Crippen molar-refractivity contribution >= 4 is 11.7 Å². The minimum Gasteiger partial charge on any atom is -0.324 e. The van der Waals surface area contributed by atoms with Crippen LogP contribution in [-0.2, 0) is 0 Å². The van der Waals surface area contributed by atoms with Crippen LogP contribution in [0.3, 0.4) is 0 Å². The fourth-order valence-electron chi connectivity index (χ4n) is 1.49. The molecule has 1 rings (SSSR count). The van der Waals surface area contributed by atoms with E-state index in [0.29, 0.717) is 0 Å². The summed E-state index contributed by atoms with van der Waals surface area (Å²) >= 11 is 0. The quantitative estimate of drug-likeness (QED) is 0.833. The van der Waals surface area contributed by atoms with E-state index in [1.165, 1.54) is 0 Å². The zero-order chi connectivity index (χ0) is 13.1. The highest BCUT2D eigenvalue weighted by molar-refractivity contribution is 5.89. The lowest BCUT2D eigenvalue weighted by Crippen LogP contribution is -2.44. The van der Waals surface area contributed by atoms with Gasteiger partial charge in [0.15, 0.2) is 0 Å². The lowest BCUT2D eigenvalue weighted by Gasteiger charge is -2.35. The first-order valence-corrected chi connectivity index (χ1v) is 5.91. The van der Waals surface area contributed by atoms with E-state index < -0.39 is 0 Å². The predicted molar refractivity (Wildman–Crippen MR) is 72.1 cm³/mol. The minimum atomic E-state index is -0.0707. The van der Waals surface area contributed by atoms with Crippen molar-refractivity contribution in [1.29, 1.82) is 0 Å². The van der Waals surface area contributed by atoms with Gasteiger partial charge in [0.25, 0.3) is 0 Å². The number of benzene rings is 1. The molecule has 0 fully saturated rings. The summed E-state index contributed by atoms with van der Waals surface area (Å²) in [4.78, 5) is 13.8. The second-order valence-electron chi connectivity index (χ2n) is 5.45. The van der Waals surface area contributed by atoms with Crippen LogP contribution < -0.4 is 5.32 Å². The number of carbonyl (C=O) groups is 1. The third kappa shape index (κ3) is 3.77. The highest BCUT2D eigenvalue weighted by Gasteiger charge is 2.26. The molecule has 0 bridgehead atoms. The normalized spacial score (nSPS) is 13.0. The zero-order valence-corrected chi connectivity index (χ0v) is 11.3. The van der Waals surface area contributed by atoms with Crippen molar-refractivity contribution in [2.75, 3.05) is 12.4 Å². The first kappa shape index (κ1) is 13.6. The zero-order valence-electron chi connectivity index (χ0n) is 11.3. The number of hydrogen-bond acceptors (Lipinski definition) is 1. The Balaban J connectivity index is 2.65. The summed E-state index contributed by atoms with van der Waals surface area (Å²) in [6, 6.07) is 9.61. The number of hydrogen-bond donors (Lipinski definition) is 1. The number of amides is 2. The number of nitrogens with zero attached hydrogens (tertiary/aromatic N) is 1. The second-order valence-corrected chi connectivity index (χ2v) is 5.45. The lowest BCUT2D eigenvalue weighted by atomic mass is 9.87. The van der Waals surface area contributed by atoms with Gasteiger partial charge >= 0.3 is 6.03 Å². The van der Waals surface area contributed by atoms with Crippen molar-refractivity contribution in [3.05, 3.63) is 30.3 Å². The van der Waals surface area contributed by atoms with E-state index in [1.54, 1.807) is 4.90 Å². The van der Waals surface area contributed by atoms with E-state index in [2.05, 4.69) is 33.0 Å². The number of urea groups is 1. The van der Waals surface area contributed by atoms with Gasteiger partial charge in [-0.2, -0.15) is 0 Å². The smallest absolute Gasteiger partial charge is 0.321 e. The standard InChI is InChI=1S/C14H22N2O/c1-11(14(2,3)4)16(5)13(17)15-12-9-7-6-8-10-12/h6-11H,1-5H3,(H,15,17). The van der Waals surface area contributed by atoms with Gasteiger partial charge in [0.05, 0.1) is 0 Å². The summed E-state index contributed by atoms with van der Waals surface area (Å²) in [5.74, 6) is 0. The Hall–Kier alpha value is -1.51. The Bertz CT molecular complexity index is 368. The number of carbonyl (C=O) groups excluding carboxylic acids is 1. The maximum absolute atomic E-state index is 12.0. The van der Waals surface area contributed by atoms with Crippen LogP contribution in [0.4, 0.5) is 10.5 Å². The summed E-state index contributed by atoms with van der Waals surface area (Å²) in [7, 11) is 1.83. The Morgan fingerprint density at radius 1 is 1.24 bits per heavy atom. The molecule has 0 aromatic heterocycles. The number of anilines is 1. The van der Waals surface area contributed by atoms with Crippen LogP contribution in [0.15, 0.2) is 30.3 Å². The molecule has 0 saturated heterocycles. The molecule has 1 aromatic rings. The maximum Gasteiger partial charge on any atom is 0.321 e. The SMILES string of the molecule is CC(N(C)C(=O)Nc1ccccc1)C(C)(C)C. The fraction of sp³-hybridized carbons (Fsp3) is 0.500. The van der Waals surface area contributed by atoms with Crippen LogP contribution >= 0.6 is 0 Å². The van der Waals surface area contributed by atoms with Crippen LogP contribution in [-0.4, -0.2) is 24.0 Å². The van der Waals surface area contributed by atoms with Crippen LogP contribution in [0.1, 0.15) is 27.7 Å². The molecule has 3 nitrogen and oxygen atoms in total. The summed E-state index contributed by atoms with van der Waals surface area (Å²) in [5, 5.41) is 2.88. The molecule has 94 valence electrons. The van der Waals surface area contributed by atoms with Gasteiger partial charge < -0.3 is 10.2 Å². The van der Waals surface area contributed by atoms with E-state index in [9.17, 15) is 4.79 Å². The molecule has 1 N–H and O–H groups in total. The van der Waals surface area contributed by atoms with Crippen molar-refractivity contribution in [2.24, 2.45) is 5.41 Å². The first-order chi connectivity index (χ1) is 7.82. The van der Waals surface area contributed by atoms with E-state index in [0.717, 1.165) is 5.69 Å². The monoisotopic (exact) mass is 234 g/mol. The van der Waals surface area contributed by atoms with Crippen LogP contribution in [0.5, 0.6) is 0 Å². The summed E-state index contributed by atoms with van der Waals surface area (Å²) in [6.45, 7) is 8.45. The largest absolute Gasteiger partial charge is 0.324 e. The summed E-state index contributed by atoms with van der Waals surface area (Å²) in [6.07, 6.45) is 0. The average molecular weight is 234 g/mol. The molecule has 3 heteroatoms. The lowest BCUT2D eigenvalue weighted by molar-refractivity contribution is 0.156. The molecule has 0 heterocycles. The second kappa shape index (κ2) is 5.21. The van der Waals surface area contributed by atoms with E-state index in [-0.39, 0.29) is 17.5 Å². The van der Waals surface area contributed by atoms with Crippen molar-refractivity contribution in [2.45, 2.75) is 33.7 Å². The molecule has 2 amide bonds. The predicted octanol–water partition coefficient (Wildman–Crippen LogP) is 3.58. The molecular formula is C14H22N2O. The third-order valence-corrected chi connectivity index (χ3v) is 3.18. The summed E-state index contributed by atoms with van der Waals surface area (Å²) < 4.78 is 0. The van der Waals surface area contributed by atoms with Gasteiger partial charge in [-0.25, -0.2) is 4.79 Å². The van der Waals surface area contributed by atoms with Gasteiger partial charge in [-0.15, -0.1) is 0 Å². The number of rotatable bonds is 2. The fourth-order valence-corrected chi connectivity index (χ4v) is 1.49. The van der Waals surface area contributed by atoms with Gasteiger partial charge in [0.2, 0.25) is 0 Å². The highest BCUT2D eigenvalue weighted by Crippen LogP contribution is 2.23. The first-order valence-electron chi connectivity index (χ1n) is 5.91. The Labute approximate surface area is 104 Å². The number of nitrogens with one attached hydrogen (secondary N) is 1. The topological polar surface area (TPSA) is 32.3 Å².